The highest BCUT2D eigenvalue weighted by molar-refractivity contribution is 7.14. The number of Topliss-reactive ketones (excluding diaryl/α,β-unsaturated/α-hetero) is 1. The van der Waals surface area contributed by atoms with Crippen LogP contribution in [0.15, 0.2) is 29.6 Å². The summed E-state index contributed by atoms with van der Waals surface area (Å²) in [5.74, 6) is -0.636. The Morgan fingerprint density at radius 2 is 1.83 bits per heavy atom. The van der Waals surface area contributed by atoms with Crippen LogP contribution in [0.25, 0.3) is 0 Å². The minimum Gasteiger partial charge on any atom is -0.349 e. The van der Waals surface area contributed by atoms with Gasteiger partial charge >= 0.3 is 0 Å². The molecule has 7 heteroatoms. The van der Waals surface area contributed by atoms with Gasteiger partial charge in [0.25, 0.3) is 0 Å². The van der Waals surface area contributed by atoms with Gasteiger partial charge in [0.2, 0.25) is 11.8 Å². The third-order valence-electron chi connectivity index (χ3n) is 3.36. The molecule has 0 unspecified atom stereocenters. The molecule has 1 aromatic carbocycles. The Balaban J connectivity index is 2.07. The maximum Gasteiger partial charge on any atom is 0.228 e. The van der Waals surface area contributed by atoms with Crippen molar-refractivity contribution >= 4 is 34.1 Å². The highest BCUT2D eigenvalue weighted by atomic mass is 32.1. The van der Waals surface area contributed by atoms with Crippen LogP contribution in [0.3, 0.4) is 0 Å². The van der Waals surface area contributed by atoms with Crippen molar-refractivity contribution in [2.45, 2.75) is 33.2 Å². The lowest BCUT2D eigenvalue weighted by Gasteiger charge is -2.18. The van der Waals surface area contributed by atoms with Gasteiger partial charge in [-0.3, -0.25) is 14.4 Å². The standard InChI is InChI=1S/C17H19N3O3S/c1-10-4-6-13(7-5-10)14(18-12(3)22)8-16(23)20-17-19-15(9-24-17)11(2)21/h4-7,9,14H,8H2,1-3H3,(H,18,22)(H,19,20,23)/t14-/m0/s1. The molecule has 0 spiro atoms. The molecular weight excluding hydrogens is 326 g/mol. The second-order valence-electron chi connectivity index (χ2n) is 5.51. The molecule has 0 saturated carbocycles. The van der Waals surface area contributed by atoms with Crippen LogP contribution in [0.2, 0.25) is 0 Å². The summed E-state index contributed by atoms with van der Waals surface area (Å²) in [7, 11) is 0. The van der Waals surface area contributed by atoms with E-state index >= 15 is 0 Å². The first-order chi connectivity index (χ1) is 11.3. The van der Waals surface area contributed by atoms with E-state index in [0.717, 1.165) is 11.1 Å². The van der Waals surface area contributed by atoms with Gasteiger partial charge in [0.15, 0.2) is 10.9 Å². The van der Waals surface area contributed by atoms with E-state index in [1.54, 1.807) is 5.38 Å². The van der Waals surface area contributed by atoms with E-state index in [1.165, 1.54) is 25.2 Å². The Hall–Kier alpha value is -2.54. The zero-order valence-corrected chi connectivity index (χ0v) is 14.6. The predicted octanol–water partition coefficient (Wildman–Crippen LogP) is 2.86. The van der Waals surface area contributed by atoms with Crippen LogP contribution in [-0.2, 0) is 9.59 Å². The largest absolute Gasteiger partial charge is 0.349 e. The van der Waals surface area contributed by atoms with Gasteiger partial charge in [-0.05, 0) is 12.5 Å². The molecule has 0 bridgehead atoms. The molecule has 0 saturated heterocycles. The Morgan fingerprint density at radius 1 is 1.17 bits per heavy atom. The molecule has 0 aliphatic carbocycles. The number of hydrogen-bond donors (Lipinski definition) is 2. The van der Waals surface area contributed by atoms with Gasteiger partial charge in [-0.25, -0.2) is 4.98 Å². The lowest BCUT2D eigenvalue weighted by atomic mass is 10.0. The summed E-state index contributed by atoms with van der Waals surface area (Å²) in [5.41, 5.74) is 2.28. The number of carbonyl (C=O) groups is 3. The minimum absolute atomic E-state index is 0.0810. The number of amides is 2. The van der Waals surface area contributed by atoms with E-state index in [1.807, 2.05) is 31.2 Å². The van der Waals surface area contributed by atoms with Crippen molar-refractivity contribution < 1.29 is 14.4 Å². The van der Waals surface area contributed by atoms with E-state index in [9.17, 15) is 14.4 Å². The molecule has 0 aliphatic rings. The number of ketones is 1. The van der Waals surface area contributed by atoms with Crippen molar-refractivity contribution in [1.82, 2.24) is 10.3 Å². The molecular formula is C17H19N3O3S. The van der Waals surface area contributed by atoms with Crippen molar-refractivity contribution in [1.29, 1.82) is 0 Å². The van der Waals surface area contributed by atoms with E-state index in [-0.39, 0.29) is 24.0 Å². The van der Waals surface area contributed by atoms with Crippen LogP contribution in [-0.4, -0.2) is 22.6 Å². The molecule has 1 aromatic heterocycles. The number of thiazole rings is 1. The molecule has 1 heterocycles. The number of benzene rings is 1. The molecule has 1 atom stereocenters. The zero-order chi connectivity index (χ0) is 17.7. The molecule has 2 aromatic rings. The number of rotatable bonds is 6. The van der Waals surface area contributed by atoms with Gasteiger partial charge in [0, 0.05) is 19.2 Å². The van der Waals surface area contributed by atoms with Crippen LogP contribution in [0.1, 0.15) is 47.9 Å². The normalized spacial score (nSPS) is 11.6. The lowest BCUT2D eigenvalue weighted by Crippen LogP contribution is -2.29. The first-order valence-corrected chi connectivity index (χ1v) is 8.33. The predicted molar refractivity (Wildman–Crippen MR) is 93.1 cm³/mol. The summed E-state index contributed by atoms with van der Waals surface area (Å²) in [5, 5.41) is 7.42. The van der Waals surface area contributed by atoms with Gasteiger partial charge < -0.3 is 10.6 Å². The highest BCUT2D eigenvalue weighted by Crippen LogP contribution is 2.20. The number of hydrogen-bond acceptors (Lipinski definition) is 5. The molecule has 2 rings (SSSR count). The number of aryl methyl sites for hydroxylation is 1. The summed E-state index contributed by atoms with van der Waals surface area (Å²) >= 11 is 1.19. The van der Waals surface area contributed by atoms with Crippen LogP contribution < -0.4 is 10.6 Å². The average Bonchev–Trinajstić information content (AvgIpc) is 2.95. The Bertz CT molecular complexity index is 753. The number of nitrogens with one attached hydrogen (secondary N) is 2. The smallest absolute Gasteiger partial charge is 0.228 e. The first kappa shape index (κ1) is 17.8. The summed E-state index contributed by atoms with van der Waals surface area (Å²) in [6.07, 6.45) is 0.0810. The number of carbonyl (C=O) groups excluding carboxylic acids is 3. The quantitative estimate of drug-likeness (QED) is 0.788. The molecule has 0 fully saturated rings. The summed E-state index contributed by atoms with van der Waals surface area (Å²) in [6, 6.07) is 7.22. The van der Waals surface area contributed by atoms with Gasteiger partial charge in [0.1, 0.15) is 5.69 Å². The zero-order valence-electron chi connectivity index (χ0n) is 13.8. The highest BCUT2D eigenvalue weighted by Gasteiger charge is 2.18. The third-order valence-corrected chi connectivity index (χ3v) is 4.12. The fourth-order valence-corrected chi connectivity index (χ4v) is 2.91. The van der Waals surface area contributed by atoms with Gasteiger partial charge in [-0.15, -0.1) is 11.3 Å². The monoisotopic (exact) mass is 345 g/mol. The molecule has 2 amide bonds. The molecule has 0 radical (unpaired) electrons. The van der Waals surface area contributed by atoms with Crippen molar-refractivity contribution in [2.24, 2.45) is 0 Å². The van der Waals surface area contributed by atoms with Crippen LogP contribution >= 0.6 is 11.3 Å². The molecule has 2 N–H and O–H groups in total. The second-order valence-corrected chi connectivity index (χ2v) is 6.37. The van der Waals surface area contributed by atoms with E-state index in [2.05, 4.69) is 15.6 Å². The third kappa shape index (κ3) is 4.99. The maximum atomic E-state index is 12.2. The van der Waals surface area contributed by atoms with E-state index in [4.69, 9.17) is 0 Å². The van der Waals surface area contributed by atoms with Crippen molar-refractivity contribution in [3.05, 3.63) is 46.5 Å². The van der Waals surface area contributed by atoms with Gasteiger partial charge in [-0.2, -0.15) is 0 Å². The fraction of sp³-hybridized carbons (Fsp3) is 0.294. The van der Waals surface area contributed by atoms with Crippen molar-refractivity contribution in [2.75, 3.05) is 5.32 Å². The first-order valence-electron chi connectivity index (χ1n) is 7.45. The van der Waals surface area contributed by atoms with Gasteiger partial charge in [0.05, 0.1) is 12.5 Å². The summed E-state index contributed by atoms with van der Waals surface area (Å²) in [6.45, 7) is 4.81. The maximum absolute atomic E-state index is 12.2. The van der Waals surface area contributed by atoms with Crippen LogP contribution in [0.4, 0.5) is 5.13 Å². The molecule has 126 valence electrons. The lowest BCUT2D eigenvalue weighted by molar-refractivity contribution is -0.120. The summed E-state index contributed by atoms with van der Waals surface area (Å²) in [4.78, 5) is 39.0. The Kier molecular flexibility index (Phi) is 5.81. The molecule has 6 nitrogen and oxygen atoms in total. The SMILES string of the molecule is CC(=O)N[C@@H](CC(=O)Nc1nc(C(C)=O)cs1)c1ccc(C)cc1. The minimum atomic E-state index is -0.421. The number of aromatic nitrogens is 1. The van der Waals surface area contributed by atoms with Crippen molar-refractivity contribution in [3.63, 3.8) is 0 Å². The molecule has 0 aliphatic heterocycles. The van der Waals surface area contributed by atoms with E-state index < -0.39 is 6.04 Å². The van der Waals surface area contributed by atoms with Gasteiger partial charge in [-0.1, -0.05) is 29.8 Å². The van der Waals surface area contributed by atoms with Crippen LogP contribution in [0.5, 0.6) is 0 Å². The average molecular weight is 345 g/mol. The topological polar surface area (TPSA) is 88.2 Å². The fourth-order valence-electron chi connectivity index (χ4n) is 2.14. The molecule has 24 heavy (non-hydrogen) atoms. The van der Waals surface area contributed by atoms with Crippen LogP contribution in [0, 0.1) is 6.92 Å². The Morgan fingerprint density at radius 3 is 2.38 bits per heavy atom. The van der Waals surface area contributed by atoms with E-state index in [0.29, 0.717) is 10.8 Å². The second kappa shape index (κ2) is 7.83. The number of anilines is 1. The van der Waals surface area contributed by atoms with Crippen molar-refractivity contribution in [3.8, 4) is 0 Å². The number of nitrogens with zero attached hydrogens (tertiary/aromatic N) is 1. The summed E-state index contributed by atoms with van der Waals surface area (Å²) < 4.78 is 0. The Labute approximate surface area is 144 Å².